The molecule has 0 spiro atoms. The van der Waals surface area contributed by atoms with E-state index in [0.29, 0.717) is 13.3 Å². The first-order chi connectivity index (χ1) is 9.07. The fourth-order valence-electron chi connectivity index (χ4n) is 1.64. The van der Waals surface area contributed by atoms with Gasteiger partial charge < -0.3 is 0 Å². The van der Waals surface area contributed by atoms with Gasteiger partial charge in [-0.25, -0.2) is 0 Å². The third-order valence-corrected chi connectivity index (χ3v) is 5.11. The predicted octanol–water partition coefficient (Wildman–Crippen LogP) is -1.70. The summed E-state index contributed by atoms with van der Waals surface area (Å²) < 4.78 is 0.251. The molecule has 0 saturated heterocycles. The summed E-state index contributed by atoms with van der Waals surface area (Å²) in [7, 11) is 0.820. The van der Waals surface area contributed by atoms with E-state index in [0.717, 1.165) is 22.6 Å². The van der Waals surface area contributed by atoms with Crippen LogP contribution < -0.4 is 28.8 Å². The molecular weight excluding hydrogens is 613 g/mol. The van der Waals surface area contributed by atoms with Gasteiger partial charge in [-0.3, -0.25) is 10.3 Å². The molecule has 1 heterocycles. The SMILES string of the molecule is CC(C)([Si]c1ccccc1)SC1=[NH+]CCN1.I[I-]I. The molecule has 0 unspecified atom stereocenters. The minimum atomic E-state index is 0.251. The van der Waals surface area contributed by atoms with Crippen molar-refractivity contribution < 1.29 is 18.2 Å². The first-order valence-corrected chi connectivity index (χ1v) is 20.2. The molecule has 2 N–H and O–H groups in total. The van der Waals surface area contributed by atoms with E-state index in [4.69, 9.17) is 0 Å². The van der Waals surface area contributed by atoms with E-state index in [1.807, 2.05) is 11.8 Å². The Bertz CT molecular complexity index is 401. The summed E-state index contributed by atoms with van der Waals surface area (Å²) in [5.74, 6) is 0. The van der Waals surface area contributed by atoms with Crippen molar-refractivity contribution in [1.82, 2.24) is 5.32 Å². The van der Waals surface area contributed by atoms with Gasteiger partial charge >= 0.3 is 55.7 Å². The van der Waals surface area contributed by atoms with Crippen LogP contribution in [-0.2, 0) is 0 Å². The van der Waals surface area contributed by atoms with E-state index in [2.05, 4.69) is 91.7 Å². The zero-order valence-electron chi connectivity index (χ0n) is 10.8. The van der Waals surface area contributed by atoms with Gasteiger partial charge in [-0.05, 0) is 11.8 Å². The molecular formula is C12H17I3N2SSi. The topological polar surface area (TPSA) is 26.0 Å². The fraction of sp³-hybridized carbons (Fsp3) is 0.417. The molecule has 7 heteroatoms. The minimum absolute atomic E-state index is 0.251. The van der Waals surface area contributed by atoms with E-state index in [-0.39, 0.29) is 4.37 Å². The Morgan fingerprint density at radius 2 is 1.95 bits per heavy atom. The standard InChI is InChI=1S/C12H16N2SSi.I3/c1-12(2,15-11-13-8-9-14-11)16-10-6-4-3-5-7-10;1-3-2/h3-7H,8-9H2,1-2H3,(H,13,14);/q;-1/p+1. The quantitative estimate of drug-likeness (QED) is 0.308. The normalized spacial score (nSPS) is 14.4. The van der Waals surface area contributed by atoms with Gasteiger partial charge in [0.25, 0.3) is 0 Å². The van der Waals surface area contributed by atoms with Gasteiger partial charge in [-0.15, -0.1) is 0 Å². The van der Waals surface area contributed by atoms with Crippen molar-refractivity contribution in [1.29, 1.82) is 0 Å². The van der Waals surface area contributed by atoms with Crippen LogP contribution in [0.3, 0.4) is 0 Å². The van der Waals surface area contributed by atoms with Crippen LogP contribution in [0.1, 0.15) is 13.8 Å². The summed E-state index contributed by atoms with van der Waals surface area (Å²) in [5, 5.41) is 6.03. The second-order valence-corrected chi connectivity index (χ2v) is 24.7. The average molecular weight is 630 g/mol. The Labute approximate surface area is 152 Å². The third kappa shape index (κ3) is 8.46. The molecule has 0 fully saturated rings. The first kappa shape index (κ1) is 18.5. The van der Waals surface area contributed by atoms with Crippen LogP contribution in [0.25, 0.3) is 0 Å². The van der Waals surface area contributed by atoms with Crippen LogP contribution in [0.5, 0.6) is 0 Å². The van der Waals surface area contributed by atoms with E-state index in [1.165, 1.54) is 10.4 Å². The van der Waals surface area contributed by atoms with E-state index < -0.39 is 0 Å². The van der Waals surface area contributed by atoms with Crippen molar-refractivity contribution >= 4 is 68.9 Å². The van der Waals surface area contributed by atoms with Crippen molar-refractivity contribution in [3.8, 4) is 0 Å². The Kier molecular flexibility index (Phi) is 9.95. The van der Waals surface area contributed by atoms with Crippen molar-refractivity contribution in [2.45, 2.75) is 18.2 Å². The molecule has 0 aromatic heterocycles. The Hall–Kier alpha value is 1.45. The molecule has 2 rings (SSSR count). The van der Waals surface area contributed by atoms with Crippen LogP contribution in [0.15, 0.2) is 30.3 Å². The van der Waals surface area contributed by atoms with E-state index in [1.54, 1.807) is 0 Å². The number of rotatable bonds is 3. The van der Waals surface area contributed by atoms with E-state index >= 15 is 0 Å². The van der Waals surface area contributed by atoms with Gasteiger partial charge in [0.1, 0.15) is 22.6 Å². The van der Waals surface area contributed by atoms with Crippen LogP contribution in [0.4, 0.5) is 0 Å². The molecule has 0 bridgehead atoms. The third-order valence-electron chi connectivity index (χ3n) is 2.27. The zero-order valence-corrected chi connectivity index (χ0v) is 19.1. The molecule has 0 atom stereocenters. The maximum absolute atomic E-state index is 3.37. The summed E-state index contributed by atoms with van der Waals surface area (Å²) in [6.07, 6.45) is 0. The van der Waals surface area contributed by atoms with Crippen molar-refractivity contribution in [3.63, 3.8) is 0 Å². The Balaban J connectivity index is 0.000000550. The fourth-order valence-corrected chi connectivity index (χ4v) is 4.41. The van der Waals surface area contributed by atoms with Gasteiger partial charge in [0, 0.05) is 4.37 Å². The summed E-state index contributed by atoms with van der Waals surface area (Å²) in [6.45, 7) is 6.70. The summed E-state index contributed by atoms with van der Waals surface area (Å²) in [6, 6.07) is 10.7. The zero-order chi connectivity index (χ0) is 14.1. The van der Waals surface area contributed by atoms with Crippen molar-refractivity contribution in [2.24, 2.45) is 0 Å². The molecule has 0 amide bonds. The monoisotopic (exact) mass is 630 g/mol. The second-order valence-electron chi connectivity index (χ2n) is 4.34. The average Bonchev–Trinajstić information content (AvgIpc) is 2.82. The summed E-state index contributed by atoms with van der Waals surface area (Å²) in [5.41, 5.74) is 0. The van der Waals surface area contributed by atoms with Crippen LogP contribution in [0.2, 0.25) is 0 Å². The molecule has 1 aliphatic heterocycles. The number of nitrogens with one attached hydrogen (secondary N) is 2. The number of halogens is 3. The molecule has 0 saturated carbocycles. The van der Waals surface area contributed by atoms with Gasteiger partial charge in [-0.2, -0.15) is 0 Å². The van der Waals surface area contributed by atoms with Crippen LogP contribution in [0, 0.1) is 0 Å². The van der Waals surface area contributed by atoms with Crippen molar-refractivity contribution in [2.75, 3.05) is 13.1 Å². The molecule has 0 aliphatic carbocycles. The van der Waals surface area contributed by atoms with Crippen molar-refractivity contribution in [3.05, 3.63) is 30.3 Å². The van der Waals surface area contributed by atoms with Crippen LogP contribution >= 0.6 is 49.0 Å². The summed E-state index contributed by atoms with van der Waals surface area (Å²) >= 11 is 7.21. The van der Waals surface area contributed by atoms with Gasteiger partial charge in [0.05, 0.1) is 0 Å². The maximum atomic E-state index is 3.37. The number of hydrogen-bond donors (Lipinski definition) is 2. The van der Waals surface area contributed by atoms with Gasteiger partial charge in [0.15, 0.2) is 0 Å². The number of hydrogen-bond acceptors (Lipinski definition) is 2. The van der Waals surface area contributed by atoms with Gasteiger partial charge in [0.2, 0.25) is 0 Å². The molecule has 2 nitrogen and oxygen atoms in total. The number of amidine groups is 1. The molecule has 1 aromatic rings. The molecule has 106 valence electrons. The second kappa shape index (κ2) is 10.2. The molecule has 1 aliphatic rings. The summed E-state index contributed by atoms with van der Waals surface area (Å²) in [4.78, 5) is 3.37. The molecule has 2 radical (unpaired) electrons. The molecule has 19 heavy (non-hydrogen) atoms. The number of thioether (sulfide) groups is 1. The van der Waals surface area contributed by atoms with Gasteiger partial charge in [-0.1, -0.05) is 49.4 Å². The first-order valence-electron chi connectivity index (χ1n) is 5.81. The number of benzene rings is 1. The van der Waals surface area contributed by atoms with Crippen LogP contribution in [-0.4, -0.2) is 32.1 Å². The Morgan fingerprint density at radius 1 is 1.32 bits per heavy atom. The van der Waals surface area contributed by atoms with E-state index in [9.17, 15) is 0 Å². The Morgan fingerprint density at radius 3 is 2.47 bits per heavy atom. The molecule has 1 aromatic carbocycles. The predicted molar refractivity (Wildman–Crippen MR) is 100 cm³/mol.